The lowest BCUT2D eigenvalue weighted by Gasteiger charge is -2.42. The number of alkyl carbamates (subject to hydrolysis) is 1. The Morgan fingerprint density at radius 2 is 1.46 bits per heavy atom. The van der Waals surface area contributed by atoms with Gasteiger partial charge >= 0.3 is 6.09 Å². The Labute approximate surface area is 220 Å². The van der Waals surface area contributed by atoms with Crippen LogP contribution < -0.4 is 5.32 Å². The second-order valence-electron chi connectivity index (χ2n) is 9.34. The number of ether oxygens (including phenoxy) is 1. The fourth-order valence-corrected chi connectivity index (χ4v) is 4.89. The van der Waals surface area contributed by atoms with Gasteiger partial charge in [0.25, 0.3) is 10.1 Å². The van der Waals surface area contributed by atoms with E-state index in [2.05, 4.69) is 58.7 Å². The minimum absolute atomic E-state index is 0.0666. The quantitative estimate of drug-likeness (QED) is 0.410. The highest BCUT2D eigenvalue weighted by Gasteiger charge is 2.36. The molecule has 7 nitrogen and oxygen atoms in total. The first-order valence-corrected chi connectivity index (χ1v) is 13.9. The van der Waals surface area contributed by atoms with Crippen LogP contribution >= 0.6 is 0 Å². The number of rotatable bonds is 7. The fraction of sp³-hybridized carbons (Fsp3) is 0.345. The summed E-state index contributed by atoms with van der Waals surface area (Å²) in [6.45, 7) is 6.97. The zero-order valence-electron chi connectivity index (χ0n) is 21.5. The van der Waals surface area contributed by atoms with Crippen molar-refractivity contribution in [1.29, 1.82) is 0 Å². The molecule has 8 heteroatoms. The van der Waals surface area contributed by atoms with E-state index < -0.39 is 10.1 Å². The average Bonchev–Trinajstić information content (AvgIpc) is 2.87. The normalized spacial score (nSPS) is 15.2. The van der Waals surface area contributed by atoms with Gasteiger partial charge in [-0.1, -0.05) is 78.4 Å². The van der Waals surface area contributed by atoms with E-state index in [1.807, 2.05) is 26.0 Å². The highest BCUT2D eigenvalue weighted by Crippen LogP contribution is 2.28. The molecule has 0 aromatic heterocycles. The van der Waals surface area contributed by atoms with Gasteiger partial charge in [0.1, 0.15) is 0 Å². The molecule has 1 aliphatic rings. The average molecular weight is 525 g/mol. The Morgan fingerprint density at radius 1 is 0.919 bits per heavy atom. The van der Waals surface area contributed by atoms with Crippen LogP contribution in [0.5, 0.6) is 0 Å². The zero-order valence-corrected chi connectivity index (χ0v) is 22.3. The van der Waals surface area contributed by atoms with Crippen molar-refractivity contribution in [3.8, 4) is 0 Å². The maximum atomic E-state index is 12.1. The largest absolute Gasteiger partial charge is 0.450 e. The molecule has 0 radical (unpaired) electrons. The van der Waals surface area contributed by atoms with Gasteiger partial charge in [0.15, 0.2) is 0 Å². The van der Waals surface area contributed by atoms with E-state index in [1.54, 1.807) is 12.1 Å². The van der Waals surface area contributed by atoms with E-state index >= 15 is 0 Å². The maximum Gasteiger partial charge on any atom is 0.407 e. The summed E-state index contributed by atoms with van der Waals surface area (Å²) in [6.07, 6.45) is 2.38. The van der Waals surface area contributed by atoms with Crippen molar-refractivity contribution in [2.45, 2.75) is 50.1 Å². The van der Waals surface area contributed by atoms with Crippen LogP contribution in [0.15, 0.2) is 89.8 Å². The number of nitrogens with one attached hydrogen (secondary N) is 1. The molecule has 37 heavy (non-hydrogen) atoms. The van der Waals surface area contributed by atoms with Crippen molar-refractivity contribution in [3.63, 3.8) is 0 Å². The van der Waals surface area contributed by atoms with E-state index in [9.17, 15) is 13.2 Å². The van der Waals surface area contributed by atoms with Crippen molar-refractivity contribution in [2.24, 2.45) is 0 Å². The van der Waals surface area contributed by atoms with Gasteiger partial charge in [-0.2, -0.15) is 8.42 Å². The molecule has 3 aromatic rings. The number of hydrogen-bond donors (Lipinski definition) is 2. The first-order chi connectivity index (χ1) is 17.7. The second-order valence-corrected chi connectivity index (χ2v) is 10.8. The van der Waals surface area contributed by atoms with Gasteiger partial charge in [0.2, 0.25) is 0 Å². The van der Waals surface area contributed by atoms with Crippen LogP contribution in [0.3, 0.4) is 0 Å². The molecule has 198 valence electrons. The lowest BCUT2D eigenvalue weighted by molar-refractivity contribution is 0.102. The van der Waals surface area contributed by atoms with Crippen molar-refractivity contribution >= 4 is 16.2 Å². The van der Waals surface area contributed by atoms with Gasteiger partial charge in [-0.15, -0.1) is 0 Å². The standard InChI is InChI=1S/C22H28N2O2.C7H8O3S/c1-2-26-21(25)23-22(17-19-9-5-3-6-10-19)13-15-24(16-14-22)18-20-11-7-4-8-12-20;1-6-2-4-7(5-3-6)11(8,9)10/h3-12H,2,13-18H2,1H3,(H,23,25);2-5H,1H3,(H,8,9,10). The highest BCUT2D eigenvalue weighted by molar-refractivity contribution is 7.85. The molecular formula is C29H36N2O5S. The zero-order chi connectivity index (χ0) is 26.7. The SMILES string of the molecule is CCOC(=O)NC1(Cc2ccccc2)CCN(Cc2ccccc2)CC1.Cc1ccc(S(=O)(=O)O)cc1. The van der Waals surface area contributed by atoms with Gasteiger partial charge in [0, 0.05) is 25.2 Å². The second kappa shape index (κ2) is 13.4. The van der Waals surface area contributed by atoms with Gasteiger partial charge < -0.3 is 10.1 Å². The summed E-state index contributed by atoms with van der Waals surface area (Å²) in [7, 11) is -4.02. The Balaban J connectivity index is 0.000000289. The Hall–Kier alpha value is -3.20. The number of piperidine rings is 1. The summed E-state index contributed by atoms with van der Waals surface area (Å²) in [6, 6.07) is 26.9. The van der Waals surface area contributed by atoms with E-state index in [0.29, 0.717) is 6.61 Å². The number of carbonyl (C=O) groups excluding carboxylic acids is 1. The summed E-state index contributed by atoms with van der Waals surface area (Å²) in [5, 5.41) is 3.18. The lowest BCUT2D eigenvalue weighted by atomic mass is 9.81. The summed E-state index contributed by atoms with van der Waals surface area (Å²) in [5.41, 5.74) is 3.31. The van der Waals surface area contributed by atoms with Crippen molar-refractivity contribution < 1.29 is 22.5 Å². The molecule has 0 spiro atoms. The van der Waals surface area contributed by atoms with Crippen LogP contribution in [0.2, 0.25) is 0 Å². The molecule has 0 unspecified atom stereocenters. The maximum absolute atomic E-state index is 12.1. The first-order valence-electron chi connectivity index (χ1n) is 12.5. The fourth-order valence-electron chi connectivity index (χ4n) is 4.41. The molecule has 1 saturated heterocycles. The first kappa shape index (κ1) is 28.4. The number of aryl methyl sites for hydroxylation is 1. The molecule has 1 heterocycles. The Kier molecular flexibility index (Phi) is 10.3. The molecule has 1 aliphatic heterocycles. The molecule has 4 rings (SSSR count). The monoisotopic (exact) mass is 524 g/mol. The summed E-state index contributed by atoms with van der Waals surface area (Å²) in [5.74, 6) is 0. The van der Waals surface area contributed by atoms with Gasteiger partial charge in [0.05, 0.1) is 11.5 Å². The van der Waals surface area contributed by atoms with Gasteiger partial charge in [-0.25, -0.2) is 4.79 Å². The van der Waals surface area contributed by atoms with Crippen LogP contribution in [0, 0.1) is 6.92 Å². The molecule has 3 aromatic carbocycles. The lowest BCUT2D eigenvalue weighted by Crippen LogP contribution is -2.56. The van der Waals surface area contributed by atoms with Crippen molar-refractivity contribution in [3.05, 3.63) is 102 Å². The molecule has 0 bridgehead atoms. The van der Waals surface area contributed by atoms with E-state index in [4.69, 9.17) is 9.29 Å². The number of carbonyl (C=O) groups is 1. The van der Waals surface area contributed by atoms with Crippen LogP contribution in [0.25, 0.3) is 0 Å². The highest BCUT2D eigenvalue weighted by atomic mass is 32.2. The smallest absolute Gasteiger partial charge is 0.407 e. The van der Waals surface area contributed by atoms with E-state index in [-0.39, 0.29) is 16.5 Å². The number of likely N-dealkylation sites (tertiary alicyclic amines) is 1. The number of benzene rings is 3. The van der Waals surface area contributed by atoms with E-state index in [1.165, 1.54) is 23.3 Å². The van der Waals surface area contributed by atoms with Crippen LogP contribution in [-0.2, 0) is 27.8 Å². The molecule has 2 N–H and O–H groups in total. The number of amides is 1. The molecule has 1 fully saturated rings. The number of hydrogen-bond acceptors (Lipinski definition) is 5. The summed E-state index contributed by atoms with van der Waals surface area (Å²) >= 11 is 0. The molecule has 1 amide bonds. The van der Waals surface area contributed by atoms with Crippen LogP contribution in [0.1, 0.15) is 36.5 Å². The van der Waals surface area contributed by atoms with Gasteiger partial charge in [-0.05, 0) is 56.4 Å². The van der Waals surface area contributed by atoms with E-state index in [0.717, 1.165) is 44.5 Å². The third-order valence-corrected chi connectivity index (χ3v) is 7.28. The predicted octanol–water partition coefficient (Wildman–Crippen LogP) is 5.25. The minimum Gasteiger partial charge on any atom is -0.450 e. The third kappa shape index (κ3) is 9.31. The molecule has 0 saturated carbocycles. The molecule has 0 atom stereocenters. The van der Waals surface area contributed by atoms with Crippen LogP contribution in [-0.4, -0.2) is 49.2 Å². The number of nitrogens with zero attached hydrogens (tertiary/aromatic N) is 1. The summed E-state index contributed by atoms with van der Waals surface area (Å²) in [4.78, 5) is 14.5. The Morgan fingerprint density at radius 3 is 1.97 bits per heavy atom. The van der Waals surface area contributed by atoms with Gasteiger partial charge in [-0.3, -0.25) is 9.45 Å². The third-order valence-electron chi connectivity index (χ3n) is 6.41. The summed E-state index contributed by atoms with van der Waals surface area (Å²) < 4.78 is 34.7. The molecule has 0 aliphatic carbocycles. The van der Waals surface area contributed by atoms with Crippen LogP contribution in [0.4, 0.5) is 4.79 Å². The minimum atomic E-state index is -4.02. The molecular weight excluding hydrogens is 488 g/mol. The predicted molar refractivity (Wildman–Crippen MR) is 145 cm³/mol. The van der Waals surface area contributed by atoms with Crippen molar-refractivity contribution in [1.82, 2.24) is 10.2 Å². The Bertz CT molecular complexity index is 1210. The topological polar surface area (TPSA) is 95.9 Å². The van der Waals surface area contributed by atoms with Crippen molar-refractivity contribution in [2.75, 3.05) is 19.7 Å².